The van der Waals surface area contributed by atoms with Gasteiger partial charge < -0.3 is 49.4 Å². The lowest BCUT2D eigenvalue weighted by Crippen LogP contribution is -2.23. The van der Waals surface area contributed by atoms with Gasteiger partial charge in [0.25, 0.3) is 0 Å². The summed E-state index contributed by atoms with van der Waals surface area (Å²) in [7, 11) is 0. The minimum atomic E-state index is -4.83. The number of hydrogen-bond acceptors (Lipinski definition) is 7. The first-order valence-corrected chi connectivity index (χ1v) is 15.5. The zero-order valence-electron chi connectivity index (χ0n) is 26.1. The van der Waals surface area contributed by atoms with Gasteiger partial charge in [-0.2, -0.15) is 26.3 Å². The van der Waals surface area contributed by atoms with Crippen LogP contribution in [0.3, 0.4) is 0 Å². The van der Waals surface area contributed by atoms with E-state index in [1.807, 2.05) is 0 Å². The lowest BCUT2D eigenvalue weighted by molar-refractivity contribution is -0.138. The Hall–Kier alpha value is -5.37. The number of benzene rings is 3. The first kappa shape index (κ1) is 39.1. The number of carbonyl (C=O) groups excluding carboxylic acids is 2. The molecule has 3 amide bonds. The van der Waals surface area contributed by atoms with Crippen LogP contribution in [0.25, 0.3) is 0 Å². The van der Waals surface area contributed by atoms with Crippen molar-refractivity contribution in [2.24, 2.45) is 38.7 Å². The maximum atomic E-state index is 13.9. The third-order valence-electron chi connectivity index (χ3n) is 6.23. The van der Waals surface area contributed by atoms with Gasteiger partial charge in [0.2, 0.25) is 5.91 Å². The predicted octanol–water partition coefficient (Wildman–Crippen LogP) is 5.50. The van der Waals surface area contributed by atoms with E-state index in [0.717, 1.165) is 36.0 Å². The summed E-state index contributed by atoms with van der Waals surface area (Å²) in [6.07, 6.45) is -8.79. The van der Waals surface area contributed by atoms with Gasteiger partial charge >= 0.3 is 18.4 Å². The average molecular weight is 729 g/mol. The smallest absolute Gasteiger partial charge is 0.416 e. The zero-order chi connectivity index (χ0) is 37.1. The number of alkyl halides is 6. The third kappa shape index (κ3) is 12.6. The quantitative estimate of drug-likeness (QED) is 0.0344. The van der Waals surface area contributed by atoms with Gasteiger partial charge in [0, 0.05) is 37.0 Å². The number of halogens is 6. The second-order valence-corrected chi connectivity index (χ2v) is 11.4. The summed E-state index contributed by atoms with van der Waals surface area (Å²) in [5.74, 6) is -1.07. The van der Waals surface area contributed by atoms with Crippen LogP contribution in [0.4, 0.5) is 53.9 Å². The van der Waals surface area contributed by atoms with Crippen molar-refractivity contribution in [3.63, 3.8) is 0 Å². The number of hydrogen-bond donors (Lipinski definition) is 8. The molecule has 13 N–H and O–H groups in total. The molecular weight excluding hydrogens is 694 g/mol. The van der Waals surface area contributed by atoms with E-state index in [1.165, 1.54) is 30.3 Å². The number of ether oxygens (including phenoxy) is 1. The Morgan fingerprint density at radius 3 is 1.96 bits per heavy atom. The molecule has 0 saturated heterocycles. The molecular formula is C30H34F6N10O3S. The molecule has 0 aliphatic heterocycles. The number of nitrogens with two attached hydrogens (primary N) is 5. The van der Waals surface area contributed by atoms with Gasteiger partial charge in [0.05, 0.1) is 33.1 Å². The summed E-state index contributed by atoms with van der Waals surface area (Å²) < 4.78 is 87.3. The molecule has 3 aromatic rings. The number of amides is 3. The third-order valence-corrected chi connectivity index (χ3v) is 7.40. The number of anilines is 3. The van der Waals surface area contributed by atoms with Gasteiger partial charge in [-0.1, -0.05) is 0 Å². The van der Waals surface area contributed by atoms with Crippen LogP contribution in [0.15, 0.2) is 69.5 Å². The Bertz CT molecular complexity index is 1710. The topological polar surface area (TPSA) is 234 Å². The lowest BCUT2D eigenvalue weighted by atomic mass is 10.1. The van der Waals surface area contributed by atoms with Crippen LogP contribution in [0.2, 0.25) is 0 Å². The molecule has 270 valence electrons. The Balaban J connectivity index is 1.80. The van der Waals surface area contributed by atoms with E-state index in [0.29, 0.717) is 12.8 Å². The van der Waals surface area contributed by atoms with Gasteiger partial charge in [0.15, 0.2) is 11.9 Å². The summed E-state index contributed by atoms with van der Waals surface area (Å²) in [5, 5.41) is 7.34. The zero-order valence-corrected chi connectivity index (χ0v) is 26.9. The van der Waals surface area contributed by atoms with Crippen LogP contribution in [-0.2, 0) is 17.1 Å². The summed E-state index contributed by atoms with van der Waals surface area (Å²) >= 11 is 1.02. The number of aliphatic imine (C=N–C) groups is 2. The number of carbonyl (C=O) groups is 2. The van der Waals surface area contributed by atoms with Crippen molar-refractivity contribution in [2.75, 3.05) is 34.8 Å². The van der Waals surface area contributed by atoms with Crippen molar-refractivity contribution in [2.45, 2.75) is 36.5 Å². The summed E-state index contributed by atoms with van der Waals surface area (Å²) in [4.78, 5) is 33.2. The first-order valence-electron chi connectivity index (χ1n) is 14.6. The molecule has 0 unspecified atom stereocenters. The van der Waals surface area contributed by atoms with Crippen molar-refractivity contribution in [3.05, 3.63) is 65.7 Å². The molecule has 0 radical (unpaired) electrons. The normalized spacial score (nSPS) is 11.3. The fourth-order valence-electron chi connectivity index (χ4n) is 4.16. The molecule has 50 heavy (non-hydrogen) atoms. The van der Waals surface area contributed by atoms with Crippen molar-refractivity contribution >= 4 is 58.4 Å². The first-order chi connectivity index (χ1) is 23.4. The van der Waals surface area contributed by atoms with E-state index in [1.54, 1.807) is 0 Å². The largest absolute Gasteiger partial charge is 0.457 e. The molecule has 0 aromatic heterocycles. The Morgan fingerprint density at radius 2 is 1.38 bits per heavy atom. The highest BCUT2D eigenvalue weighted by atomic mass is 32.2. The number of nitrogens with one attached hydrogen (secondary N) is 3. The van der Waals surface area contributed by atoms with Gasteiger partial charge in [0.1, 0.15) is 11.5 Å². The van der Waals surface area contributed by atoms with Gasteiger partial charge in [-0.05, 0) is 61.4 Å². The number of guanidine groups is 2. The van der Waals surface area contributed by atoms with E-state index in [4.69, 9.17) is 33.4 Å². The Labute approximate surface area is 286 Å². The molecule has 13 nitrogen and oxygen atoms in total. The minimum Gasteiger partial charge on any atom is -0.457 e. The fourth-order valence-corrected chi connectivity index (χ4v) is 5.01. The predicted molar refractivity (Wildman–Crippen MR) is 180 cm³/mol. The highest BCUT2D eigenvalue weighted by Gasteiger charge is 2.33. The number of nitrogens with zero attached hydrogens (tertiary/aromatic N) is 2. The molecule has 0 spiro atoms. The molecule has 0 aliphatic rings. The highest BCUT2D eigenvalue weighted by molar-refractivity contribution is 7.99. The van der Waals surface area contributed by atoms with Crippen LogP contribution in [0.5, 0.6) is 11.5 Å². The number of thioether (sulfide) groups is 1. The number of rotatable bonds is 14. The molecule has 20 heteroatoms. The Morgan fingerprint density at radius 1 is 0.760 bits per heavy atom. The monoisotopic (exact) mass is 728 g/mol. The molecule has 0 atom stereocenters. The van der Waals surface area contributed by atoms with E-state index in [9.17, 15) is 35.9 Å². The lowest BCUT2D eigenvalue weighted by Gasteiger charge is -2.19. The van der Waals surface area contributed by atoms with E-state index < -0.39 is 41.4 Å². The van der Waals surface area contributed by atoms with Crippen molar-refractivity contribution < 1.29 is 40.7 Å². The van der Waals surface area contributed by atoms with Crippen LogP contribution >= 0.6 is 11.8 Å². The van der Waals surface area contributed by atoms with Crippen molar-refractivity contribution in [3.8, 4) is 11.5 Å². The van der Waals surface area contributed by atoms with Gasteiger partial charge in [-0.3, -0.25) is 9.79 Å². The van der Waals surface area contributed by atoms with Crippen LogP contribution < -0.4 is 49.4 Å². The SMILES string of the molecule is NCCSc1c(NC(=O)CCCCN=C(N)N)cc(C(F)(F)F)cc1NC(=O)Nc1ccc(Oc2cc(N=C(N)N)cc(C(F)(F)F)c2)cc1. The van der Waals surface area contributed by atoms with Crippen LogP contribution in [0, 0.1) is 0 Å². The second kappa shape index (κ2) is 17.3. The minimum absolute atomic E-state index is 0.0363. The van der Waals surface area contributed by atoms with Crippen molar-refractivity contribution in [1.82, 2.24) is 0 Å². The summed E-state index contributed by atoms with van der Waals surface area (Å²) in [6, 6.07) is 8.55. The Kier molecular flexibility index (Phi) is 13.5. The second-order valence-electron chi connectivity index (χ2n) is 10.3. The summed E-state index contributed by atoms with van der Waals surface area (Å²) in [5.41, 5.74) is 24.0. The van der Waals surface area contributed by atoms with E-state index >= 15 is 0 Å². The van der Waals surface area contributed by atoms with Gasteiger partial charge in [-0.15, -0.1) is 11.8 Å². The molecule has 3 aromatic carbocycles. The maximum absolute atomic E-state index is 13.9. The molecule has 0 heterocycles. The molecule has 0 saturated carbocycles. The van der Waals surface area contributed by atoms with Crippen LogP contribution in [0.1, 0.15) is 30.4 Å². The van der Waals surface area contributed by atoms with Gasteiger partial charge in [-0.25, -0.2) is 9.79 Å². The molecule has 0 fully saturated rings. The van der Waals surface area contributed by atoms with E-state index in [-0.39, 0.29) is 70.4 Å². The van der Waals surface area contributed by atoms with E-state index in [2.05, 4.69) is 25.9 Å². The number of urea groups is 1. The number of unbranched alkanes of at least 4 members (excludes halogenated alkanes) is 1. The average Bonchev–Trinajstić information content (AvgIpc) is 3.00. The molecule has 0 aliphatic carbocycles. The molecule has 3 rings (SSSR count). The fraction of sp³-hybridized carbons (Fsp3) is 0.267. The van der Waals surface area contributed by atoms with Crippen molar-refractivity contribution in [1.29, 1.82) is 0 Å². The maximum Gasteiger partial charge on any atom is 0.416 e. The summed E-state index contributed by atoms with van der Waals surface area (Å²) in [6.45, 7) is 0.410. The molecule has 0 bridgehead atoms. The standard InChI is InChI=1S/C30H34F6N10O3S/c31-29(32,33)16-11-19(43-27(40)41)15-21(12-16)49-20-6-4-18(5-7-20)44-28(48)46-23-14-17(30(34,35)36)13-22(25(23)50-10-8-37)45-24(47)3-1-2-9-42-26(38)39/h4-7,11-15H,1-3,8-10,37H2,(H,45,47)(H4,38,39,42)(H4,40,41,43)(H2,44,46,48). The van der Waals surface area contributed by atoms with Crippen LogP contribution in [-0.4, -0.2) is 42.7 Å². The highest BCUT2D eigenvalue weighted by Crippen LogP contribution is 2.41.